The van der Waals surface area contributed by atoms with Crippen molar-refractivity contribution in [2.75, 3.05) is 12.4 Å². The average Bonchev–Trinajstić information content (AvgIpc) is 2.85. The number of aromatic amines is 1. The number of ether oxygens (including phenoxy) is 1. The van der Waals surface area contributed by atoms with Crippen molar-refractivity contribution in [3.8, 4) is 17.0 Å². The number of hydrogen-bond acceptors (Lipinski definition) is 2. The summed E-state index contributed by atoms with van der Waals surface area (Å²) in [4.78, 5) is 15.4. The minimum Gasteiger partial charge on any atom is -0.497 e. The minimum absolute atomic E-state index is 0.00631. The van der Waals surface area contributed by atoms with E-state index in [1.54, 1.807) is 18.2 Å². The van der Waals surface area contributed by atoms with Crippen LogP contribution in [-0.4, -0.2) is 18.0 Å². The Morgan fingerprint density at radius 2 is 1.92 bits per heavy atom. The zero-order valence-electron chi connectivity index (χ0n) is 13.1. The van der Waals surface area contributed by atoms with Gasteiger partial charge in [-0.1, -0.05) is 0 Å². The van der Waals surface area contributed by atoms with Gasteiger partial charge in [0.15, 0.2) is 0 Å². The summed E-state index contributed by atoms with van der Waals surface area (Å²) in [7, 11) is 1.53. The molecule has 2 heterocycles. The summed E-state index contributed by atoms with van der Waals surface area (Å²) < 4.78 is 44.4. The lowest BCUT2D eigenvalue weighted by atomic mass is 10.0. The number of rotatable bonds is 1. The zero-order chi connectivity index (χ0) is 17.8. The Balaban J connectivity index is 2.01. The first kappa shape index (κ1) is 15.6. The van der Waals surface area contributed by atoms with Gasteiger partial charge in [0.25, 0.3) is 0 Å². The third-order valence-corrected chi connectivity index (χ3v) is 4.34. The molecule has 0 saturated heterocycles. The monoisotopic (exact) mass is 346 g/mol. The fourth-order valence-corrected chi connectivity index (χ4v) is 3.16. The number of methoxy groups -OCH3 is 1. The second kappa shape index (κ2) is 5.27. The number of carbonyl (C=O) groups excluding carboxylic acids is 1. The van der Waals surface area contributed by atoms with Crippen LogP contribution in [0.3, 0.4) is 0 Å². The molecule has 0 radical (unpaired) electrons. The first-order valence-corrected chi connectivity index (χ1v) is 7.57. The number of amides is 1. The van der Waals surface area contributed by atoms with Crippen LogP contribution in [0.15, 0.2) is 36.4 Å². The lowest BCUT2D eigenvalue weighted by Gasteiger charge is -2.09. The second-order valence-electron chi connectivity index (χ2n) is 5.87. The van der Waals surface area contributed by atoms with E-state index in [1.807, 2.05) is 0 Å². The molecule has 1 aliphatic rings. The molecule has 2 N–H and O–H groups in total. The van der Waals surface area contributed by atoms with Gasteiger partial charge >= 0.3 is 6.18 Å². The van der Waals surface area contributed by atoms with E-state index in [-0.39, 0.29) is 12.3 Å². The van der Waals surface area contributed by atoms with Crippen LogP contribution in [-0.2, 0) is 17.4 Å². The number of carbonyl (C=O) groups is 1. The Morgan fingerprint density at radius 3 is 2.64 bits per heavy atom. The van der Waals surface area contributed by atoms with Crippen molar-refractivity contribution in [1.29, 1.82) is 0 Å². The highest BCUT2D eigenvalue weighted by Gasteiger charge is 2.32. The largest absolute Gasteiger partial charge is 0.497 e. The van der Waals surface area contributed by atoms with Crippen LogP contribution in [0.2, 0.25) is 0 Å². The maximum Gasteiger partial charge on any atom is 0.416 e. The van der Waals surface area contributed by atoms with Gasteiger partial charge in [-0.05, 0) is 42.0 Å². The maximum absolute atomic E-state index is 13.0. The van der Waals surface area contributed by atoms with Crippen molar-refractivity contribution in [3.63, 3.8) is 0 Å². The Morgan fingerprint density at radius 1 is 1.12 bits per heavy atom. The highest BCUT2D eigenvalue weighted by Crippen LogP contribution is 2.40. The zero-order valence-corrected chi connectivity index (χ0v) is 13.1. The van der Waals surface area contributed by atoms with E-state index < -0.39 is 11.7 Å². The summed E-state index contributed by atoms with van der Waals surface area (Å²) >= 11 is 0. The van der Waals surface area contributed by atoms with Gasteiger partial charge in [-0.3, -0.25) is 4.79 Å². The van der Waals surface area contributed by atoms with Gasteiger partial charge in [0.05, 0.1) is 30.5 Å². The minimum atomic E-state index is -4.44. The molecule has 25 heavy (non-hydrogen) atoms. The number of nitrogens with one attached hydrogen (secondary N) is 2. The Kier molecular flexibility index (Phi) is 3.28. The summed E-state index contributed by atoms with van der Waals surface area (Å²) in [6.45, 7) is 0. The molecule has 0 saturated carbocycles. The fraction of sp³-hybridized carbons (Fsp3) is 0.167. The van der Waals surface area contributed by atoms with Crippen molar-refractivity contribution in [2.45, 2.75) is 12.6 Å². The van der Waals surface area contributed by atoms with Crippen molar-refractivity contribution < 1.29 is 22.7 Å². The number of H-pyrrole nitrogens is 1. The van der Waals surface area contributed by atoms with Crippen molar-refractivity contribution >= 4 is 22.5 Å². The maximum atomic E-state index is 13.0. The van der Waals surface area contributed by atoms with Crippen molar-refractivity contribution in [2.24, 2.45) is 0 Å². The highest BCUT2D eigenvalue weighted by molar-refractivity contribution is 6.05. The number of anilines is 1. The van der Waals surface area contributed by atoms with Gasteiger partial charge in [-0.15, -0.1) is 0 Å². The topological polar surface area (TPSA) is 54.1 Å². The van der Waals surface area contributed by atoms with E-state index in [0.29, 0.717) is 39.2 Å². The summed E-state index contributed by atoms with van der Waals surface area (Å²) in [5.74, 6) is 0.318. The van der Waals surface area contributed by atoms with Crippen molar-refractivity contribution in [1.82, 2.24) is 4.98 Å². The molecule has 4 nitrogen and oxygen atoms in total. The third kappa shape index (κ3) is 2.52. The molecule has 1 aromatic heterocycles. The molecule has 0 bridgehead atoms. The summed E-state index contributed by atoms with van der Waals surface area (Å²) in [6.07, 6.45) is -4.44. The van der Waals surface area contributed by atoms with Gasteiger partial charge in [-0.25, -0.2) is 0 Å². The van der Waals surface area contributed by atoms with Crippen LogP contribution in [0, 0.1) is 0 Å². The molecule has 0 atom stereocenters. The molecular formula is C18H13F3N2O2. The summed E-state index contributed by atoms with van der Waals surface area (Å²) in [5.41, 5.74) is 2.27. The molecule has 4 rings (SSSR count). The Hall–Kier alpha value is -2.96. The molecule has 2 aromatic carbocycles. The second-order valence-corrected chi connectivity index (χ2v) is 5.87. The smallest absolute Gasteiger partial charge is 0.416 e. The van der Waals surface area contributed by atoms with E-state index in [4.69, 9.17) is 4.74 Å². The van der Waals surface area contributed by atoms with Crippen LogP contribution in [0.1, 0.15) is 11.1 Å². The van der Waals surface area contributed by atoms with E-state index >= 15 is 0 Å². The fourth-order valence-electron chi connectivity index (χ4n) is 3.16. The van der Waals surface area contributed by atoms with E-state index in [0.717, 1.165) is 12.1 Å². The van der Waals surface area contributed by atoms with Crippen LogP contribution in [0.5, 0.6) is 5.75 Å². The molecule has 0 spiro atoms. The molecule has 3 aromatic rings. The van der Waals surface area contributed by atoms with Crippen molar-refractivity contribution in [3.05, 3.63) is 47.5 Å². The quantitative estimate of drug-likeness (QED) is 0.688. The molecule has 128 valence electrons. The standard InChI is InChI=1S/C18H13F3N2O2/c1-25-10-3-5-15-13(7-10)17-12(8-16(24)22-15)11-6-9(18(19,20)21)2-4-14(11)23-17/h2-7,23H,8H2,1H3,(H,22,24). The number of benzene rings is 2. The van der Waals surface area contributed by atoms with Gasteiger partial charge in [0.1, 0.15) is 5.75 Å². The molecule has 0 unspecified atom stereocenters. The van der Waals surface area contributed by atoms with E-state index in [2.05, 4.69) is 10.3 Å². The first-order chi connectivity index (χ1) is 11.9. The molecule has 0 fully saturated rings. The Bertz CT molecular complexity index is 1010. The normalized spacial score (nSPS) is 13.8. The van der Waals surface area contributed by atoms with Gasteiger partial charge < -0.3 is 15.0 Å². The lowest BCUT2D eigenvalue weighted by molar-refractivity contribution is -0.137. The van der Waals surface area contributed by atoms with Crippen LogP contribution >= 0.6 is 0 Å². The molecule has 0 aliphatic carbocycles. The van der Waals surface area contributed by atoms with Crippen LogP contribution < -0.4 is 10.1 Å². The number of fused-ring (bicyclic) bond motifs is 5. The predicted molar refractivity (Wildman–Crippen MR) is 87.6 cm³/mol. The predicted octanol–water partition coefficient (Wildman–Crippen LogP) is 4.36. The summed E-state index contributed by atoms with van der Waals surface area (Å²) in [5, 5.41) is 3.18. The Labute approximate surface area is 140 Å². The van der Waals surface area contributed by atoms with Crippen LogP contribution in [0.4, 0.5) is 18.9 Å². The average molecular weight is 346 g/mol. The lowest BCUT2D eigenvalue weighted by Crippen LogP contribution is -2.12. The number of halogens is 3. The van der Waals surface area contributed by atoms with Gasteiger partial charge in [-0.2, -0.15) is 13.2 Å². The number of alkyl halides is 3. The van der Waals surface area contributed by atoms with E-state index in [1.165, 1.54) is 13.2 Å². The number of hydrogen-bond donors (Lipinski definition) is 2. The first-order valence-electron chi connectivity index (χ1n) is 7.57. The number of aromatic nitrogens is 1. The van der Waals surface area contributed by atoms with Gasteiger partial charge in [0.2, 0.25) is 5.91 Å². The van der Waals surface area contributed by atoms with Gasteiger partial charge in [0, 0.05) is 16.5 Å². The molecule has 1 amide bonds. The highest BCUT2D eigenvalue weighted by atomic mass is 19.4. The SMILES string of the molecule is COc1ccc2c(c1)-c1[nH]c3ccc(C(F)(F)F)cc3c1CC(=O)N2. The third-order valence-electron chi connectivity index (χ3n) is 4.34. The van der Waals surface area contributed by atoms with E-state index in [9.17, 15) is 18.0 Å². The van der Waals surface area contributed by atoms with Crippen LogP contribution in [0.25, 0.3) is 22.2 Å². The molecule has 1 aliphatic heterocycles. The molecule has 7 heteroatoms. The summed E-state index contributed by atoms with van der Waals surface area (Å²) in [6, 6.07) is 8.69. The molecular weight excluding hydrogens is 333 g/mol.